The summed E-state index contributed by atoms with van der Waals surface area (Å²) in [5.41, 5.74) is 6.11. The third-order valence-corrected chi connectivity index (χ3v) is 4.46. The van der Waals surface area contributed by atoms with E-state index in [9.17, 15) is 14.7 Å². The molecule has 0 bridgehead atoms. The minimum atomic E-state index is -0.879. The monoisotopic (exact) mass is 268 g/mol. The van der Waals surface area contributed by atoms with Gasteiger partial charge in [-0.2, -0.15) is 0 Å². The van der Waals surface area contributed by atoms with Gasteiger partial charge in [-0.25, -0.2) is 4.79 Å². The maximum atomic E-state index is 12.6. The molecule has 1 heterocycles. The summed E-state index contributed by atoms with van der Waals surface area (Å²) in [6, 6.07) is -0.747. The van der Waals surface area contributed by atoms with E-state index in [2.05, 4.69) is 0 Å². The van der Waals surface area contributed by atoms with E-state index in [4.69, 9.17) is 5.73 Å². The Morgan fingerprint density at radius 3 is 2.42 bits per heavy atom. The zero-order valence-electron chi connectivity index (χ0n) is 11.4. The summed E-state index contributed by atoms with van der Waals surface area (Å²) in [4.78, 5) is 25.5. The fourth-order valence-corrected chi connectivity index (χ4v) is 3.31. The Morgan fingerprint density at radius 2 is 1.68 bits per heavy atom. The summed E-state index contributed by atoms with van der Waals surface area (Å²) in [5.74, 6) is -1.08. The predicted molar refractivity (Wildman–Crippen MR) is 71.5 cm³/mol. The van der Waals surface area contributed by atoms with Gasteiger partial charge in [0.2, 0.25) is 5.91 Å². The number of rotatable bonds is 2. The van der Waals surface area contributed by atoms with Crippen molar-refractivity contribution < 1.29 is 14.7 Å². The van der Waals surface area contributed by atoms with Crippen LogP contribution in [0.2, 0.25) is 0 Å². The molecular weight excluding hydrogens is 244 g/mol. The Kier molecular flexibility index (Phi) is 4.80. The van der Waals surface area contributed by atoms with Crippen molar-refractivity contribution in [3.63, 3.8) is 0 Å². The van der Waals surface area contributed by atoms with Gasteiger partial charge >= 0.3 is 5.97 Å². The Morgan fingerprint density at radius 1 is 1.00 bits per heavy atom. The maximum absolute atomic E-state index is 12.6. The molecule has 3 N–H and O–H groups in total. The van der Waals surface area contributed by atoms with Crippen LogP contribution in [-0.2, 0) is 9.59 Å². The van der Waals surface area contributed by atoms with Gasteiger partial charge < -0.3 is 15.7 Å². The van der Waals surface area contributed by atoms with Gasteiger partial charge in [0.15, 0.2) is 0 Å². The molecule has 2 fully saturated rings. The summed E-state index contributed by atoms with van der Waals surface area (Å²) in [6.45, 7) is 0.568. The van der Waals surface area contributed by atoms with Crippen molar-refractivity contribution in [2.75, 3.05) is 6.54 Å². The van der Waals surface area contributed by atoms with E-state index in [1.165, 1.54) is 0 Å². The number of nitrogens with two attached hydrogens (primary N) is 1. The Bertz CT molecular complexity index is 346. The molecule has 1 saturated heterocycles. The van der Waals surface area contributed by atoms with Crippen LogP contribution in [0.4, 0.5) is 0 Å². The Balaban J connectivity index is 2.09. The number of carbonyl (C=O) groups excluding carboxylic acids is 1. The SMILES string of the molecule is NC1CCCCCC1C(=O)N1CCCC[C@H]1C(=O)O. The molecule has 1 amide bonds. The number of hydrogen-bond donors (Lipinski definition) is 2. The first-order valence-electron chi connectivity index (χ1n) is 7.40. The van der Waals surface area contributed by atoms with Crippen LogP contribution in [0, 0.1) is 5.92 Å². The van der Waals surface area contributed by atoms with Gasteiger partial charge in [-0.3, -0.25) is 4.79 Å². The molecule has 1 saturated carbocycles. The number of amides is 1. The molecule has 0 aromatic carbocycles. The summed E-state index contributed by atoms with van der Waals surface area (Å²) in [5, 5.41) is 9.25. The summed E-state index contributed by atoms with van der Waals surface area (Å²) in [6.07, 6.45) is 7.27. The zero-order valence-corrected chi connectivity index (χ0v) is 11.4. The van der Waals surface area contributed by atoms with E-state index < -0.39 is 12.0 Å². The molecule has 0 aromatic rings. The standard InChI is InChI=1S/C14H24N2O3/c15-11-7-3-1-2-6-10(11)13(17)16-9-5-4-8-12(16)14(18)19/h10-12H,1-9,15H2,(H,18,19)/t10?,11?,12-/m0/s1. The second-order valence-electron chi connectivity index (χ2n) is 5.79. The van der Waals surface area contributed by atoms with Crippen LogP contribution < -0.4 is 5.73 Å². The highest BCUT2D eigenvalue weighted by atomic mass is 16.4. The summed E-state index contributed by atoms with van der Waals surface area (Å²) in [7, 11) is 0. The summed E-state index contributed by atoms with van der Waals surface area (Å²) >= 11 is 0. The van der Waals surface area contributed by atoms with Crippen LogP contribution in [0.3, 0.4) is 0 Å². The molecule has 3 atom stereocenters. The van der Waals surface area contributed by atoms with Gasteiger partial charge in [-0.15, -0.1) is 0 Å². The molecule has 1 aliphatic carbocycles. The molecule has 1 aliphatic heterocycles. The van der Waals surface area contributed by atoms with Crippen molar-refractivity contribution >= 4 is 11.9 Å². The van der Waals surface area contributed by atoms with Crippen molar-refractivity contribution in [1.82, 2.24) is 4.90 Å². The number of piperidine rings is 1. The van der Waals surface area contributed by atoms with Crippen LogP contribution in [-0.4, -0.2) is 40.5 Å². The topological polar surface area (TPSA) is 83.6 Å². The first-order chi connectivity index (χ1) is 9.11. The molecule has 0 spiro atoms. The van der Waals surface area contributed by atoms with Crippen LogP contribution in [0.5, 0.6) is 0 Å². The molecule has 0 aromatic heterocycles. The highest BCUT2D eigenvalue weighted by Crippen LogP contribution is 2.27. The second kappa shape index (κ2) is 6.37. The molecule has 2 aliphatic rings. The third kappa shape index (κ3) is 3.26. The number of likely N-dealkylation sites (tertiary alicyclic amines) is 1. The van der Waals surface area contributed by atoms with Gasteiger partial charge in [-0.1, -0.05) is 19.3 Å². The Hall–Kier alpha value is -1.10. The van der Waals surface area contributed by atoms with Gasteiger partial charge in [0.1, 0.15) is 6.04 Å². The lowest BCUT2D eigenvalue weighted by Gasteiger charge is -2.36. The van der Waals surface area contributed by atoms with Crippen molar-refractivity contribution in [1.29, 1.82) is 0 Å². The van der Waals surface area contributed by atoms with Crippen molar-refractivity contribution in [2.45, 2.75) is 63.5 Å². The number of hydrogen-bond acceptors (Lipinski definition) is 3. The lowest BCUT2D eigenvalue weighted by atomic mass is 9.91. The van der Waals surface area contributed by atoms with E-state index in [-0.39, 0.29) is 17.9 Å². The number of carbonyl (C=O) groups is 2. The van der Waals surface area contributed by atoms with Crippen molar-refractivity contribution in [3.8, 4) is 0 Å². The lowest BCUT2D eigenvalue weighted by molar-refractivity contribution is -0.154. The lowest BCUT2D eigenvalue weighted by Crippen LogP contribution is -2.52. The molecule has 5 nitrogen and oxygen atoms in total. The number of carboxylic acid groups (broad SMARTS) is 1. The van der Waals surface area contributed by atoms with Crippen LogP contribution >= 0.6 is 0 Å². The van der Waals surface area contributed by atoms with Gasteiger partial charge in [0, 0.05) is 12.6 Å². The molecule has 19 heavy (non-hydrogen) atoms. The number of carboxylic acids is 1. The predicted octanol–water partition coefficient (Wildman–Crippen LogP) is 1.36. The third-order valence-electron chi connectivity index (χ3n) is 4.46. The number of nitrogens with zero attached hydrogens (tertiary/aromatic N) is 1. The van der Waals surface area contributed by atoms with E-state index in [0.717, 1.165) is 44.9 Å². The van der Waals surface area contributed by atoms with Crippen LogP contribution in [0.25, 0.3) is 0 Å². The van der Waals surface area contributed by atoms with E-state index in [1.807, 2.05) is 0 Å². The Labute approximate surface area is 114 Å². The smallest absolute Gasteiger partial charge is 0.326 e. The fourth-order valence-electron chi connectivity index (χ4n) is 3.31. The van der Waals surface area contributed by atoms with Gasteiger partial charge in [0.05, 0.1) is 5.92 Å². The average molecular weight is 268 g/mol. The molecule has 0 radical (unpaired) electrons. The second-order valence-corrected chi connectivity index (χ2v) is 5.79. The van der Waals surface area contributed by atoms with E-state index in [0.29, 0.717) is 13.0 Å². The quantitative estimate of drug-likeness (QED) is 0.741. The van der Waals surface area contributed by atoms with Crippen LogP contribution in [0.15, 0.2) is 0 Å². The largest absolute Gasteiger partial charge is 0.480 e. The molecule has 108 valence electrons. The zero-order chi connectivity index (χ0) is 13.8. The molecule has 2 unspecified atom stereocenters. The minimum Gasteiger partial charge on any atom is -0.480 e. The van der Waals surface area contributed by atoms with Gasteiger partial charge in [0.25, 0.3) is 0 Å². The number of aliphatic carboxylic acids is 1. The fraction of sp³-hybridized carbons (Fsp3) is 0.857. The molecule has 2 rings (SSSR count). The van der Waals surface area contributed by atoms with Gasteiger partial charge in [-0.05, 0) is 32.1 Å². The highest BCUT2D eigenvalue weighted by molar-refractivity contribution is 5.85. The first kappa shape index (κ1) is 14.3. The average Bonchev–Trinajstić information content (AvgIpc) is 2.62. The molecule has 5 heteroatoms. The minimum absolute atomic E-state index is 0.0264. The highest BCUT2D eigenvalue weighted by Gasteiger charge is 2.37. The van der Waals surface area contributed by atoms with Crippen LogP contribution in [0.1, 0.15) is 51.4 Å². The normalized spacial score (nSPS) is 32.7. The first-order valence-corrected chi connectivity index (χ1v) is 7.40. The molecular formula is C14H24N2O3. The maximum Gasteiger partial charge on any atom is 0.326 e. The van der Waals surface area contributed by atoms with E-state index >= 15 is 0 Å². The van der Waals surface area contributed by atoms with Crippen molar-refractivity contribution in [3.05, 3.63) is 0 Å². The summed E-state index contributed by atoms with van der Waals surface area (Å²) < 4.78 is 0. The van der Waals surface area contributed by atoms with Crippen molar-refractivity contribution in [2.24, 2.45) is 11.7 Å². The van der Waals surface area contributed by atoms with E-state index in [1.54, 1.807) is 4.90 Å².